The molecule has 5 nitrogen and oxygen atoms in total. The van der Waals surface area contributed by atoms with Crippen LogP contribution in [0.3, 0.4) is 0 Å². The quantitative estimate of drug-likeness (QED) is 0.547. The van der Waals surface area contributed by atoms with Gasteiger partial charge in [0.1, 0.15) is 11.0 Å². The maximum Gasteiger partial charge on any atom is 0.240 e. The number of rotatable bonds is 0. The van der Waals surface area contributed by atoms with Crippen molar-refractivity contribution < 1.29 is 0 Å². The van der Waals surface area contributed by atoms with Crippen LogP contribution in [0.25, 0.3) is 21.9 Å². The first kappa shape index (κ1) is 8.05. The largest absolute Gasteiger partial charge is 0.366 e. The van der Waals surface area contributed by atoms with E-state index < -0.39 is 0 Å². The predicted molar refractivity (Wildman–Crippen MR) is 57.0 cm³/mol. The summed E-state index contributed by atoms with van der Waals surface area (Å²) in [6, 6.07) is 7.73. The lowest BCUT2D eigenvalue weighted by Gasteiger charge is -2.00. The molecule has 0 unspecified atom stereocenters. The van der Waals surface area contributed by atoms with Gasteiger partial charge in [0.05, 0.1) is 11.7 Å². The Balaban J connectivity index is 2.55. The zero-order chi connectivity index (χ0) is 10.3. The Labute approximate surface area is 85.0 Å². The van der Waals surface area contributed by atoms with Gasteiger partial charge in [-0.15, -0.1) is 10.2 Å². The molecule has 5 heteroatoms. The van der Waals surface area contributed by atoms with Gasteiger partial charge < -0.3 is 5.73 Å². The third-order valence-electron chi connectivity index (χ3n) is 2.22. The van der Waals surface area contributed by atoms with Crippen molar-refractivity contribution in [1.82, 2.24) is 20.2 Å². The van der Waals surface area contributed by atoms with Crippen LogP contribution in [0.4, 0.5) is 5.95 Å². The fraction of sp³-hybridized carbons (Fsp3) is 0. The Morgan fingerprint density at radius 1 is 1.00 bits per heavy atom. The fourth-order valence-corrected chi connectivity index (χ4v) is 1.55. The van der Waals surface area contributed by atoms with Crippen molar-refractivity contribution in [2.75, 3.05) is 5.73 Å². The Bertz CT molecular complexity index is 649. The monoisotopic (exact) mass is 197 g/mol. The van der Waals surface area contributed by atoms with Crippen LogP contribution in [0, 0.1) is 0 Å². The number of para-hydroxylation sites is 1. The van der Waals surface area contributed by atoms with Crippen molar-refractivity contribution in [3.05, 3.63) is 30.5 Å². The third-order valence-corrected chi connectivity index (χ3v) is 2.22. The van der Waals surface area contributed by atoms with Crippen LogP contribution in [0.5, 0.6) is 0 Å². The van der Waals surface area contributed by atoms with Crippen LogP contribution in [0.2, 0.25) is 0 Å². The molecule has 15 heavy (non-hydrogen) atoms. The molecular weight excluding hydrogens is 190 g/mol. The van der Waals surface area contributed by atoms with E-state index in [2.05, 4.69) is 20.2 Å². The highest BCUT2D eigenvalue weighted by Gasteiger charge is 2.04. The standard InChI is InChI=1S/C10H7N5/c11-10-13-8-5-12-7-4-2-1-3-6(7)9(8)14-15-10/h1-5H,(H2,11,13,15). The number of aromatic nitrogens is 4. The maximum absolute atomic E-state index is 5.46. The second-order valence-corrected chi connectivity index (χ2v) is 3.18. The average molecular weight is 197 g/mol. The molecule has 0 spiro atoms. The minimum atomic E-state index is 0.166. The summed E-state index contributed by atoms with van der Waals surface area (Å²) in [6.45, 7) is 0. The Hall–Kier alpha value is -2.30. The first-order valence-corrected chi connectivity index (χ1v) is 4.48. The summed E-state index contributed by atoms with van der Waals surface area (Å²) in [6.07, 6.45) is 1.66. The minimum Gasteiger partial charge on any atom is -0.366 e. The number of anilines is 1. The molecule has 2 N–H and O–H groups in total. The van der Waals surface area contributed by atoms with Gasteiger partial charge in [-0.2, -0.15) is 0 Å². The Kier molecular flexibility index (Phi) is 1.53. The van der Waals surface area contributed by atoms with Crippen molar-refractivity contribution in [3.8, 4) is 0 Å². The van der Waals surface area contributed by atoms with Crippen LogP contribution >= 0.6 is 0 Å². The Morgan fingerprint density at radius 2 is 1.87 bits per heavy atom. The fourth-order valence-electron chi connectivity index (χ4n) is 1.55. The zero-order valence-electron chi connectivity index (χ0n) is 7.75. The molecule has 0 aliphatic rings. The van der Waals surface area contributed by atoms with Gasteiger partial charge in [-0.1, -0.05) is 18.2 Å². The van der Waals surface area contributed by atoms with Gasteiger partial charge >= 0.3 is 0 Å². The molecular formula is C10H7N5. The molecule has 0 bridgehead atoms. The zero-order valence-corrected chi connectivity index (χ0v) is 7.75. The van der Waals surface area contributed by atoms with E-state index in [0.717, 1.165) is 16.4 Å². The molecule has 1 aromatic carbocycles. The number of hydrogen-bond donors (Lipinski definition) is 1. The van der Waals surface area contributed by atoms with Gasteiger partial charge in [0, 0.05) is 5.39 Å². The van der Waals surface area contributed by atoms with Crippen LogP contribution in [0.15, 0.2) is 30.5 Å². The lowest BCUT2D eigenvalue weighted by molar-refractivity contribution is 1.04. The summed E-state index contributed by atoms with van der Waals surface area (Å²) >= 11 is 0. The maximum atomic E-state index is 5.46. The molecule has 0 atom stereocenters. The second-order valence-electron chi connectivity index (χ2n) is 3.18. The van der Waals surface area contributed by atoms with Crippen molar-refractivity contribution in [1.29, 1.82) is 0 Å². The molecule has 0 aliphatic heterocycles. The molecule has 72 valence electrons. The van der Waals surface area contributed by atoms with Crippen molar-refractivity contribution in [2.24, 2.45) is 0 Å². The highest BCUT2D eigenvalue weighted by Crippen LogP contribution is 2.19. The molecule has 0 saturated heterocycles. The molecule has 3 rings (SSSR count). The average Bonchev–Trinajstić information content (AvgIpc) is 2.28. The van der Waals surface area contributed by atoms with Crippen LogP contribution in [0.1, 0.15) is 0 Å². The summed E-state index contributed by atoms with van der Waals surface area (Å²) in [5, 5.41) is 8.72. The van der Waals surface area contributed by atoms with E-state index in [-0.39, 0.29) is 5.95 Å². The minimum absolute atomic E-state index is 0.166. The number of nitrogen functional groups attached to an aromatic ring is 1. The summed E-state index contributed by atoms with van der Waals surface area (Å²) in [5.74, 6) is 0.166. The van der Waals surface area contributed by atoms with Gasteiger partial charge in [-0.3, -0.25) is 4.98 Å². The van der Waals surface area contributed by atoms with Crippen LogP contribution < -0.4 is 5.73 Å². The molecule has 0 aliphatic carbocycles. The van der Waals surface area contributed by atoms with E-state index in [4.69, 9.17) is 5.73 Å². The lowest BCUT2D eigenvalue weighted by atomic mass is 10.2. The second kappa shape index (κ2) is 2.84. The number of nitrogens with two attached hydrogens (primary N) is 1. The third kappa shape index (κ3) is 1.17. The summed E-state index contributed by atoms with van der Waals surface area (Å²) in [7, 11) is 0. The molecule has 2 aromatic heterocycles. The van der Waals surface area contributed by atoms with Gasteiger partial charge in [-0.25, -0.2) is 4.98 Å². The van der Waals surface area contributed by atoms with Crippen molar-refractivity contribution in [3.63, 3.8) is 0 Å². The molecule has 3 aromatic rings. The van der Waals surface area contributed by atoms with Crippen LogP contribution in [-0.4, -0.2) is 20.2 Å². The SMILES string of the molecule is Nc1nnc2c(cnc3ccccc32)n1. The first-order valence-electron chi connectivity index (χ1n) is 4.48. The topological polar surface area (TPSA) is 77.6 Å². The van der Waals surface area contributed by atoms with Gasteiger partial charge in [0.15, 0.2) is 0 Å². The summed E-state index contributed by atoms with van der Waals surface area (Å²) in [4.78, 5) is 8.33. The van der Waals surface area contributed by atoms with Gasteiger partial charge in [0.2, 0.25) is 5.95 Å². The molecule has 0 saturated carbocycles. The number of fused-ring (bicyclic) bond motifs is 3. The number of benzene rings is 1. The molecule has 0 radical (unpaired) electrons. The summed E-state index contributed by atoms with van der Waals surface area (Å²) < 4.78 is 0. The van der Waals surface area contributed by atoms with E-state index in [1.54, 1.807) is 6.20 Å². The smallest absolute Gasteiger partial charge is 0.240 e. The van der Waals surface area contributed by atoms with E-state index in [0.29, 0.717) is 5.52 Å². The van der Waals surface area contributed by atoms with E-state index in [9.17, 15) is 0 Å². The van der Waals surface area contributed by atoms with E-state index >= 15 is 0 Å². The highest BCUT2D eigenvalue weighted by atomic mass is 15.2. The summed E-state index contributed by atoms with van der Waals surface area (Å²) in [5.41, 5.74) is 7.73. The predicted octanol–water partition coefficient (Wildman–Crippen LogP) is 1.16. The van der Waals surface area contributed by atoms with E-state index in [1.165, 1.54) is 0 Å². The molecule has 2 heterocycles. The number of nitrogens with zero attached hydrogens (tertiary/aromatic N) is 4. The molecule has 0 amide bonds. The van der Waals surface area contributed by atoms with Crippen molar-refractivity contribution >= 4 is 27.9 Å². The Morgan fingerprint density at radius 3 is 2.80 bits per heavy atom. The first-order chi connectivity index (χ1) is 7.34. The van der Waals surface area contributed by atoms with Gasteiger partial charge in [-0.05, 0) is 6.07 Å². The number of pyridine rings is 1. The number of hydrogen-bond acceptors (Lipinski definition) is 5. The van der Waals surface area contributed by atoms with Gasteiger partial charge in [0.25, 0.3) is 0 Å². The van der Waals surface area contributed by atoms with Crippen LogP contribution in [-0.2, 0) is 0 Å². The van der Waals surface area contributed by atoms with Crippen molar-refractivity contribution in [2.45, 2.75) is 0 Å². The lowest BCUT2D eigenvalue weighted by Crippen LogP contribution is -1.98. The normalized spacial score (nSPS) is 10.9. The highest BCUT2D eigenvalue weighted by molar-refractivity contribution is 6.01. The van der Waals surface area contributed by atoms with E-state index in [1.807, 2.05) is 24.3 Å². The molecule has 0 fully saturated rings.